The lowest BCUT2D eigenvalue weighted by Gasteiger charge is -2.36. The van der Waals surface area contributed by atoms with Gasteiger partial charge in [-0.3, -0.25) is 14.4 Å². The number of ketones is 2. The van der Waals surface area contributed by atoms with Crippen LogP contribution in [0.3, 0.4) is 0 Å². The molecule has 0 radical (unpaired) electrons. The Hall–Kier alpha value is -2.52. The number of Topliss-reactive ketones (excluding diaryl/α,β-unsaturated/α-hetero) is 2. The molecule has 0 aromatic rings. The van der Waals surface area contributed by atoms with Crippen LogP contribution < -0.4 is 0 Å². The smallest absolute Gasteiger partial charge is 0.289 e. The molecule has 184 valence electrons. The van der Waals surface area contributed by atoms with Gasteiger partial charge in [0.25, 0.3) is 16.0 Å². The largest absolute Gasteiger partial charge is 0.485 e. The zero-order valence-electron chi connectivity index (χ0n) is 20.2. The van der Waals surface area contributed by atoms with Gasteiger partial charge in [0.1, 0.15) is 17.6 Å². The summed E-state index contributed by atoms with van der Waals surface area (Å²) in [5.41, 5.74) is -0.861. The van der Waals surface area contributed by atoms with Gasteiger partial charge < -0.3 is 4.74 Å². The fraction of sp³-hybridized carbons (Fsp3) is 0.560. The molecule has 1 heterocycles. The topological polar surface area (TPSA) is 107 Å². The first-order valence-electron chi connectivity index (χ1n) is 11.5. The van der Waals surface area contributed by atoms with E-state index in [1.807, 2.05) is 13.8 Å². The maximum atomic E-state index is 13.0. The Morgan fingerprint density at radius 2 is 1.97 bits per heavy atom. The highest BCUT2D eigenvalue weighted by Crippen LogP contribution is 2.64. The Morgan fingerprint density at radius 1 is 1.26 bits per heavy atom. The normalized spacial score (nSPS) is 34.3. The molecule has 1 saturated heterocycles. The van der Waals surface area contributed by atoms with Crippen molar-refractivity contribution in [1.82, 2.24) is 5.06 Å². The Balaban J connectivity index is 1.50. The second-order valence-electron chi connectivity index (χ2n) is 10.1. The van der Waals surface area contributed by atoms with E-state index in [1.165, 1.54) is 19.2 Å². The van der Waals surface area contributed by atoms with Crippen molar-refractivity contribution in [2.75, 3.05) is 12.8 Å². The van der Waals surface area contributed by atoms with Crippen LogP contribution in [0.15, 0.2) is 47.3 Å². The molecule has 3 fully saturated rings. The number of allylic oxidation sites excluding steroid dienone is 3. The minimum absolute atomic E-state index is 0.0463. The number of hydrogen-bond donors (Lipinski definition) is 0. The number of hydroxylamine groups is 2. The van der Waals surface area contributed by atoms with E-state index in [0.717, 1.165) is 6.42 Å². The minimum Gasteiger partial charge on any atom is -0.485 e. The predicted octanol–water partition coefficient (Wildman–Crippen LogP) is 3.03. The van der Waals surface area contributed by atoms with Gasteiger partial charge in [0.15, 0.2) is 5.78 Å². The van der Waals surface area contributed by atoms with Gasteiger partial charge in [-0.2, -0.15) is 8.42 Å². The maximum absolute atomic E-state index is 13.0. The van der Waals surface area contributed by atoms with Crippen molar-refractivity contribution in [2.24, 2.45) is 22.7 Å². The molecule has 0 spiro atoms. The van der Waals surface area contributed by atoms with E-state index in [1.54, 1.807) is 32.1 Å². The zero-order chi connectivity index (χ0) is 25.1. The standard InChI is InChI=1S/C25H31NO7S/c1-6-17-19(7-2)32-20-9-8-15(12-18(20)22(17)28)23(29)26(5)33-34(30,31)14-25-11-10-16(13-21(25)27)24(25,3)4/h6-9,12,16,18,20H,10-11,13-14H2,1-5H3/b17-6+,19-7+. The van der Waals surface area contributed by atoms with Crippen molar-refractivity contribution >= 4 is 27.6 Å². The molecule has 4 unspecified atom stereocenters. The molecule has 4 rings (SSSR count). The number of nitrogens with zero attached hydrogens (tertiary/aromatic N) is 1. The third-order valence-electron chi connectivity index (χ3n) is 8.15. The third-order valence-corrected chi connectivity index (χ3v) is 9.44. The fourth-order valence-electron chi connectivity index (χ4n) is 5.98. The molecule has 2 bridgehead atoms. The number of carbonyl (C=O) groups is 3. The van der Waals surface area contributed by atoms with Crippen LogP contribution in [0.25, 0.3) is 0 Å². The average Bonchev–Trinajstić information content (AvgIpc) is 3.11. The van der Waals surface area contributed by atoms with E-state index < -0.39 is 44.6 Å². The summed E-state index contributed by atoms with van der Waals surface area (Å²) in [4.78, 5) is 38.6. The van der Waals surface area contributed by atoms with Crippen LogP contribution in [0.4, 0.5) is 0 Å². The Morgan fingerprint density at radius 3 is 2.53 bits per heavy atom. The summed E-state index contributed by atoms with van der Waals surface area (Å²) < 4.78 is 36.9. The molecule has 0 aromatic carbocycles. The predicted molar refractivity (Wildman–Crippen MR) is 124 cm³/mol. The Kier molecular flexibility index (Phi) is 6.01. The molecule has 3 aliphatic carbocycles. The van der Waals surface area contributed by atoms with Crippen molar-refractivity contribution < 1.29 is 31.8 Å². The molecule has 34 heavy (non-hydrogen) atoms. The summed E-state index contributed by atoms with van der Waals surface area (Å²) in [5.74, 6) is -1.42. The number of fused-ring (bicyclic) bond motifs is 3. The first kappa shape index (κ1) is 24.6. The van der Waals surface area contributed by atoms with Gasteiger partial charge >= 0.3 is 0 Å². The van der Waals surface area contributed by atoms with Gasteiger partial charge in [-0.15, -0.1) is 4.28 Å². The van der Waals surface area contributed by atoms with E-state index in [9.17, 15) is 22.8 Å². The highest BCUT2D eigenvalue weighted by molar-refractivity contribution is 7.86. The summed E-state index contributed by atoms with van der Waals surface area (Å²) >= 11 is 0. The number of amides is 1. The van der Waals surface area contributed by atoms with Gasteiger partial charge in [-0.1, -0.05) is 26.0 Å². The Labute approximate surface area is 200 Å². The van der Waals surface area contributed by atoms with E-state index in [2.05, 4.69) is 0 Å². The third kappa shape index (κ3) is 3.69. The van der Waals surface area contributed by atoms with E-state index in [-0.39, 0.29) is 23.1 Å². The van der Waals surface area contributed by atoms with E-state index in [0.29, 0.717) is 29.2 Å². The fourth-order valence-corrected chi connectivity index (χ4v) is 7.73. The minimum atomic E-state index is -4.23. The van der Waals surface area contributed by atoms with Crippen LogP contribution in [0.1, 0.15) is 47.0 Å². The van der Waals surface area contributed by atoms with Crippen LogP contribution in [-0.2, 0) is 33.5 Å². The molecular formula is C25H31NO7S. The molecule has 4 aliphatic rings. The molecule has 0 N–H and O–H groups in total. The average molecular weight is 490 g/mol. The van der Waals surface area contributed by atoms with Gasteiger partial charge in [0, 0.05) is 19.0 Å². The van der Waals surface area contributed by atoms with Crippen LogP contribution in [0, 0.1) is 22.7 Å². The van der Waals surface area contributed by atoms with Crippen molar-refractivity contribution in [3.8, 4) is 0 Å². The summed E-state index contributed by atoms with van der Waals surface area (Å²) in [7, 11) is -3.01. The molecule has 1 amide bonds. The van der Waals surface area contributed by atoms with Crippen LogP contribution >= 0.6 is 0 Å². The highest BCUT2D eigenvalue weighted by Gasteiger charge is 2.65. The first-order chi connectivity index (χ1) is 15.9. The molecule has 1 aliphatic heterocycles. The van der Waals surface area contributed by atoms with Crippen LogP contribution in [-0.4, -0.2) is 49.9 Å². The lowest BCUT2D eigenvalue weighted by atomic mass is 9.70. The van der Waals surface area contributed by atoms with Crippen molar-refractivity contribution in [3.63, 3.8) is 0 Å². The molecule has 8 nitrogen and oxygen atoms in total. The van der Waals surface area contributed by atoms with Gasteiger partial charge in [-0.05, 0) is 56.3 Å². The van der Waals surface area contributed by atoms with Crippen molar-refractivity contribution in [1.29, 1.82) is 0 Å². The SMILES string of the molecule is C/C=C1/OC2C=CC(C(=O)N(C)OS(=O)(=O)CC34CCC(CC3=O)C4(C)C)=CC2C(=O)/C1=C/C. The molecule has 9 heteroatoms. The highest BCUT2D eigenvalue weighted by atomic mass is 32.2. The summed E-state index contributed by atoms with van der Waals surface area (Å²) in [6, 6.07) is 0. The molecule has 4 atom stereocenters. The first-order valence-corrected chi connectivity index (χ1v) is 13.1. The van der Waals surface area contributed by atoms with Crippen molar-refractivity contribution in [2.45, 2.75) is 53.1 Å². The maximum Gasteiger partial charge on any atom is 0.289 e. The monoisotopic (exact) mass is 489 g/mol. The number of ether oxygens (including phenoxy) is 1. The summed E-state index contributed by atoms with van der Waals surface area (Å²) in [5, 5.41) is 0.656. The van der Waals surface area contributed by atoms with E-state index in [4.69, 9.17) is 9.02 Å². The molecular weight excluding hydrogens is 458 g/mol. The second-order valence-corrected chi connectivity index (χ2v) is 11.6. The van der Waals surface area contributed by atoms with Gasteiger partial charge in [0.05, 0.1) is 22.7 Å². The lowest BCUT2D eigenvalue weighted by molar-refractivity contribution is -0.147. The lowest BCUT2D eigenvalue weighted by Crippen LogP contribution is -2.44. The van der Waals surface area contributed by atoms with Crippen LogP contribution in [0.2, 0.25) is 0 Å². The Bertz CT molecular complexity index is 1170. The summed E-state index contributed by atoms with van der Waals surface area (Å²) in [6.07, 6.45) is 9.15. The molecule has 2 saturated carbocycles. The number of rotatable bonds is 5. The quantitative estimate of drug-likeness (QED) is 0.432. The second kappa shape index (κ2) is 8.30. The number of likely N-dealkylation sites (N-methyl/N-ethyl adjacent to an activating group) is 1. The number of carbonyl (C=O) groups excluding carboxylic acids is 3. The summed E-state index contributed by atoms with van der Waals surface area (Å²) in [6.45, 7) is 7.40. The zero-order valence-corrected chi connectivity index (χ0v) is 21.0. The van der Waals surface area contributed by atoms with Crippen LogP contribution in [0.5, 0.6) is 0 Å². The van der Waals surface area contributed by atoms with Gasteiger partial charge in [-0.25, -0.2) is 5.06 Å². The number of hydrogen-bond acceptors (Lipinski definition) is 7. The van der Waals surface area contributed by atoms with Crippen molar-refractivity contribution in [3.05, 3.63) is 47.3 Å². The van der Waals surface area contributed by atoms with E-state index >= 15 is 0 Å². The van der Waals surface area contributed by atoms with Gasteiger partial charge in [0.2, 0.25) is 0 Å². The molecule has 0 aromatic heterocycles.